The van der Waals surface area contributed by atoms with Crippen LogP contribution in [0.4, 0.5) is 0 Å². The van der Waals surface area contributed by atoms with E-state index in [2.05, 4.69) is 10.2 Å². The lowest BCUT2D eigenvalue weighted by atomic mass is 10.1. The third-order valence-electron chi connectivity index (χ3n) is 4.19. The topological polar surface area (TPSA) is 66.2 Å². The molecule has 1 heterocycles. The number of Topliss-reactive ketones (excluding diaryl/α,β-unsaturated/α-hetero) is 1. The monoisotopic (exact) mass is 383 g/mol. The Balaban J connectivity index is 1.80. The summed E-state index contributed by atoms with van der Waals surface area (Å²) >= 11 is 1.37. The highest BCUT2D eigenvalue weighted by molar-refractivity contribution is 7.99. The number of thioether (sulfide) groups is 1. The lowest BCUT2D eigenvalue weighted by Crippen LogP contribution is -2.06. The second kappa shape index (κ2) is 8.26. The van der Waals surface area contributed by atoms with E-state index in [1.54, 1.807) is 32.4 Å². The van der Waals surface area contributed by atoms with E-state index in [-0.39, 0.29) is 11.5 Å². The lowest BCUT2D eigenvalue weighted by molar-refractivity contribution is 0.102. The third-order valence-corrected chi connectivity index (χ3v) is 5.12. The van der Waals surface area contributed by atoms with Crippen LogP contribution in [0.2, 0.25) is 0 Å². The molecule has 27 heavy (non-hydrogen) atoms. The van der Waals surface area contributed by atoms with Gasteiger partial charge in [-0.25, -0.2) is 0 Å². The van der Waals surface area contributed by atoms with E-state index < -0.39 is 0 Å². The Kier molecular flexibility index (Phi) is 5.81. The van der Waals surface area contributed by atoms with Crippen molar-refractivity contribution in [3.05, 3.63) is 59.4 Å². The molecule has 3 rings (SSSR count). The quantitative estimate of drug-likeness (QED) is 0.456. The molecule has 7 heteroatoms. The van der Waals surface area contributed by atoms with Gasteiger partial charge in [0.2, 0.25) is 0 Å². The second-order valence-electron chi connectivity index (χ2n) is 5.93. The van der Waals surface area contributed by atoms with Crippen molar-refractivity contribution in [1.29, 1.82) is 0 Å². The summed E-state index contributed by atoms with van der Waals surface area (Å²) in [6, 6.07) is 13.2. The van der Waals surface area contributed by atoms with Crippen molar-refractivity contribution in [3.63, 3.8) is 0 Å². The van der Waals surface area contributed by atoms with Gasteiger partial charge in [-0.15, -0.1) is 10.2 Å². The van der Waals surface area contributed by atoms with Crippen LogP contribution in [-0.2, 0) is 0 Å². The minimum atomic E-state index is -0.0158. The number of rotatable bonds is 7. The van der Waals surface area contributed by atoms with Crippen LogP contribution < -0.4 is 9.47 Å². The maximum atomic E-state index is 12.6. The number of hydrogen-bond donors (Lipinski definition) is 0. The lowest BCUT2D eigenvalue weighted by Gasteiger charge is -2.11. The van der Waals surface area contributed by atoms with E-state index in [0.717, 1.165) is 17.1 Å². The number of benzene rings is 2. The fourth-order valence-corrected chi connectivity index (χ4v) is 3.64. The third kappa shape index (κ3) is 3.98. The Labute approximate surface area is 162 Å². The first-order valence-corrected chi connectivity index (χ1v) is 9.39. The zero-order chi connectivity index (χ0) is 19.4. The molecule has 0 bridgehead atoms. The van der Waals surface area contributed by atoms with Gasteiger partial charge >= 0.3 is 0 Å². The molecule has 0 saturated carbocycles. The Bertz CT molecular complexity index is 969. The summed E-state index contributed by atoms with van der Waals surface area (Å²) in [6.07, 6.45) is 0. The molecule has 1 aromatic heterocycles. The number of nitrogens with zero attached hydrogens (tertiary/aromatic N) is 3. The van der Waals surface area contributed by atoms with Crippen LogP contribution in [0.1, 0.15) is 21.7 Å². The summed E-state index contributed by atoms with van der Waals surface area (Å²) in [4.78, 5) is 12.6. The summed E-state index contributed by atoms with van der Waals surface area (Å²) in [5.74, 6) is 2.15. The summed E-state index contributed by atoms with van der Waals surface area (Å²) in [7, 11) is 3.12. The number of para-hydroxylation sites is 1. The molecule has 0 amide bonds. The number of hydrogen-bond acceptors (Lipinski definition) is 6. The summed E-state index contributed by atoms with van der Waals surface area (Å²) < 4.78 is 12.5. The van der Waals surface area contributed by atoms with Gasteiger partial charge in [-0.1, -0.05) is 30.0 Å². The van der Waals surface area contributed by atoms with E-state index in [1.807, 2.05) is 42.7 Å². The molecule has 0 saturated heterocycles. The minimum Gasteiger partial charge on any atom is -0.493 e. The molecule has 2 aromatic carbocycles. The van der Waals surface area contributed by atoms with E-state index in [0.29, 0.717) is 22.2 Å². The molecule has 140 valence electrons. The molecule has 3 aromatic rings. The summed E-state index contributed by atoms with van der Waals surface area (Å²) in [5.41, 5.74) is 2.70. The Hall–Kier alpha value is -2.80. The predicted octanol–water partition coefficient (Wildman–Crippen LogP) is 3.88. The normalized spacial score (nSPS) is 10.7. The Morgan fingerprint density at radius 3 is 2.48 bits per heavy atom. The van der Waals surface area contributed by atoms with Gasteiger partial charge in [-0.2, -0.15) is 0 Å². The first kappa shape index (κ1) is 19.0. The van der Waals surface area contributed by atoms with E-state index in [1.165, 1.54) is 11.8 Å². The van der Waals surface area contributed by atoms with Gasteiger partial charge in [-0.05, 0) is 43.7 Å². The second-order valence-corrected chi connectivity index (χ2v) is 6.88. The van der Waals surface area contributed by atoms with Crippen molar-refractivity contribution in [3.8, 4) is 17.2 Å². The van der Waals surface area contributed by atoms with Gasteiger partial charge in [0.1, 0.15) is 5.82 Å². The molecule has 0 N–H and O–H groups in total. The number of ether oxygens (including phenoxy) is 2. The number of carbonyl (C=O) groups is 1. The number of methoxy groups -OCH3 is 2. The van der Waals surface area contributed by atoms with Gasteiger partial charge in [0, 0.05) is 5.56 Å². The number of aromatic nitrogens is 3. The van der Waals surface area contributed by atoms with Gasteiger partial charge < -0.3 is 9.47 Å². The predicted molar refractivity (Wildman–Crippen MR) is 105 cm³/mol. The van der Waals surface area contributed by atoms with Crippen LogP contribution in [0.3, 0.4) is 0 Å². The van der Waals surface area contributed by atoms with Gasteiger partial charge in [-0.3, -0.25) is 9.36 Å². The van der Waals surface area contributed by atoms with Crippen molar-refractivity contribution in [2.75, 3.05) is 20.0 Å². The number of carbonyl (C=O) groups excluding carboxylic acids is 1. The molecule has 0 radical (unpaired) electrons. The standard InChI is InChI=1S/C20H21N3O3S/c1-13-7-5-6-8-16(13)23-14(2)21-22-20(23)27-12-17(24)15-9-10-18(25-3)19(11-15)26-4/h5-11H,12H2,1-4H3. The van der Waals surface area contributed by atoms with Crippen LogP contribution in [0.25, 0.3) is 5.69 Å². The largest absolute Gasteiger partial charge is 0.493 e. The molecule has 6 nitrogen and oxygen atoms in total. The highest BCUT2D eigenvalue weighted by Crippen LogP contribution is 2.29. The molecular weight excluding hydrogens is 362 g/mol. The van der Waals surface area contributed by atoms with Gasteiger partial charge in [0.05, 0.1) is 25.7 Å². The van der Waals surface area contributed by atoms with E-state index >= 15 is 0 Å². The zero-order valence-electron chi connectivity index (χ0n) is 15.7. The SMILES string of the molecule is COc1ccc(C(=O)CSc2nnc(C)n2-c2ccccc2C)cc1OC. The molecular formula is C20H21N3O3S. The summed E-state index contributed by atoms with van der Waals surface area (Å²) in [5, 5.41) is 9.11. The van der Waals surface area contributed by atoms with Crippen LogP contribution >= 0.6 is 11.8 Å². The highest BCUT2D eigenvalue weighted by atomic mass is 32.2. The fraction of sp³-hybridized carbons (Fsp3) is 0.250. The first-order chi connectivity index (χ1) is 13.0. The van der Waals surface area contributed by atoms with E-state index in [4.69, 9.17) is 9.47 Å². The molecule has 0 fully saturated rings. The number of aryl methyl sites for hydroxylation is 2. The van der Waals surface area contributed by atoms with Crippen molar-refractivity contribution < 1.29 is 14.3 Å². The molecule has 0 atom stereocenters. The molecule has 0 spiro atoms. The van der Waals surface area contributed by atoms with Crippen molar-refractivity contribution >= 4 is 17.5 Å². The maximum Gasteiger partial charge on any atom is 0.196 e. The van der Waals surface area contributed by atoms with Crippen LogP contribution in [0.15, 0.2) is 47.6 Å². The van der Waals surface area contributed by atoms with Crippen molar-refractivity contribution in [1.82, 2.24) is 14.8 Å². The van der Waals surface area contributed by atoms with Crippen molar-refractivity contribution in [2.24, 2.45) is 0 Å². The van der Waals surface area contributed by atoms with E-state index in [9.17, 15) is 4.79 Å². The Morgan fingerprint density at radius 2 is 1.78 bits per heavy atom. The van der Waals surface area contributed by atoms with Crippen LogP contribution in [-0.4, -0.2) is 40.5 Å². The Morgan fingerprint density at radius 1 is 1.04 bits per heavy atom. The van der Waals surface area contributed by atoms with Gasteiger partial charge in [0.25, 0.3) is 0 Å². The molecule has 0 aliphatic rings. The maximum absolute atomic E-state index is 12.6. The molecule has 0 aliphatic carbocycles. The van der Waals surface area contributed by atoms with Crippen molar-refractivity contribution in [2.45, 2.75) is 19.0 Å². The van der Waals surface area contributed by atoms with Gasteiger partial charge in [0.15, 0.2) is 22.4 Å². The summed E-state index contributed by atoms with van der Waals surface area (Å²) in [6.45, 7) is 3.94. The molecule has 0 aliphatic heterocycles. The molecule has 0 unspecified atom stereocenters. The number of ketones is 1. The zero-order valence-corrected chi connectivity index (χ0v) is 16.5. The first-order valence-electron chi connectivity index (χ1n) is 8.41. The van der Waals surface area contributed by atoms with Crippen LogP contribution in [0.5, 0.6) is 11.5 Å². The smallest absolute Gasteiger partial charge is 0.196 e. The van der Waals surface area contributed by atoms with Crippen LogP contribution in [0, 0.1) is 13.8 Å². The average molecular weight is 383 g/mol. The minimum absolute atomic E-state index is 0.0158. The highest BCUT2D eigenvalue weighted by Gasteiger charge is 2.16. The average Bonchev–Trinajstić information content (AvgIpc) is 3.06. The fourth-order valence-electron chi connectivity index (χ4n) is 2.75.